The van der Waals surface area contributed by atoms with Crippen molar-refractivity contribution in [2.75, 3.05) is 26.2 Å². The molecule has 2 saturated heterocycles. The first-order valence-electron chi connectivity index (χ1n) is 9.23. The number of carbonyl (C=O) groups excluding carboxylic acids is 2. The molecule has 0 bridgehead atoms. The summed E-state index contributed by atoms with van der Waals surface area (Å²) in [5.41, 5.74) is 0.740. The summed E-state index contributed by atoms with van der Waals surface area (Å²) < 4.78 is 0. The summed E-state index contributed by atoms with van der Waals surface area (Å²) in [6, 6.07) is 9.44. The van der Waals surface area contributed by atoms with E-state index in [9.17, 15) is 9.59 Å². The Hall–Kier alpha value is -2.12. The molecule has 0 radical (unpaired) electrons. The lowest BCUT2D eigenvalue weighted by Gasteiger charge is -2.34. The van der Waals surface area contributed by atoms with E-state index in [4.69, 9.17) is 6.42 Å². The second-order valence-corrected chi connectivity index (χ2v) is 7.08. The minimum absolute atomic E-state index is 0.0592. The van der Waals surface area contributed by atoms with Crippen LogP contribution in [0.25, 0.3) is 0 Å². The predicted octanol–water partition coefficient (Wildman–Crippen LogP) is 2.60. The molecule has 1 atom stereocenters. The molecule has 1 aromatic rings. The van der Waals surface area contributed by atoms with Crippen LogP contribution in [0.1, 0.15) is 42.5 Å². The molecule has 0 saturated carbocycles. The van der Waals surface area contributed by atoms with Crippen molar-refractivity contribution in [1.82, 2.24) is 9.80 Å². The number of amides is 1. The van der Waals surface area contributed by atoms with Crippen LogP contribution in [-0.4, -0.2) is 53.7 Å². The number of benzene rings is 1. The van der Waals surface area contributed by atoms with Gasteiger partial charge in [-0.15, -0.1) is 6.42 Å². The van der Waals surface area contributed by atoms with Crippen LogP contribution < -0.4 is 0 Å². The van der Waals surface area contributed by atoms with Crippen molar-refractivity contribution in [3.05, 3.63) is 35.9 Å². The Morgan fingerprint density at radius 2 is 1.80 bits per heavy atom. The van der Waals surface area contributed by atoms with Crippen molar-refractivity contribution in [3.63, 3.8) is 0 Å². The highest BCUT2D eigenvalue weighted by atomic mass is 16.2. The van der Waals surface area contributed by atoms with Crippen molar-refractivity contribution in [2.24, 2.45) is 5.92 Å². The number of rotatable bonds is 5. The van der Waals surface area contributed by atoms with E-state index in [1.165, 1.54) is 0 Å². The Kier molecular flexibility index (Phi) is 5.88. The summed E-state index contributed by atoms with van der Waals surface area (Å²) >= 11 is 0. The topological polar surface area (TPSA) is 40.6 Å². The molecule has 132 valence electrons. The van der Waals surface area contributed by atoms with Crippen molar-refractivity contribution >= 4 is 11.7 Å². The molecule has 1 amide bonds. The van der Waals surface area contributed by atoms with E-state index in [1.807, 2.05) is 35.2 Å². The van der Waals surface area contributed by atoms with Gasteiger partial charge in [-0.3, -0.25) is 14.5 Å². The van der Waals surface area contributed by atoms with E-state index in [1.54, 1.807) is 0 Å². The molecule has 4 nitrogen and oxygen atoms in total. The monoisotopic (exact) mass is 338 g/mol. The Labute approximate surface area is 150 Å². The number of Topliss-reactive ketones (excluding diaryl/α,β-unsaturated/α-hetero) is 1. The summed E-state index contributed by atoms with van der Waals surface area (Å²) in [6.45, 7) is 3.24. The summed E-state index contributed by atoms with van der Waals surface area (Å²) in [6.07, 6.45) is 9.47. The second-order valence-electron chi connectivity index (χ2n) is 7.08. The Morgan fingerprint density at radius 3 is 2.48 bits per heavy atom. The van der Waals surface area contributed by atoms with Crippen molar-refractivity contribution < 1.29 is 9.59 Å². The molecule has 0 aromatic heterocycles. The van der Waals surface area contributed by atoms with Gasteiger partial charge in [-0.25, -0.2) is 0 Å². The van der Waals surface area contributed by atoms with Crippen LogP contribution in [0.15, 0.2) is 30.3 Å². The van der Waals surface area contributed by atoms with Crippen LogP contribution in [0.3, 0.4) is 0 Å². The van der Waals surface area contributed by atoms with Gasteiger partial charge in [0, 0.05) is 30.5 Å². The molecule has 1 aromatic carbocycles. The maximum absolute atomic E-state index is 12.9. The minimum atomic E-state index is 0.0592. The summed E-state index contributed by atoms with van der Waals surface area (Å²) in [7, 11) is 0. The number of carbonyl (C=O) groups is 2. The lowest BCUT2D eigenvalue weighted by Crippen LogP contribution is -2.44. The SMILES string of the molecule is C#CCN1CCC(C(=O)N2CCC[C@H]2CC(=O)c2ccccc2)CC1. The number of nitrogens with zero attached hydrogens (tertiary/aromatic N) is 2. The van der Waals surface area contributed by atoms with E-state index in [0.29, 0.717) is 13.0 Å². The quantitative estimate of drug-likeness (QED) is 0.612. The molecule has 25 heavy (non-hydrogen) atoms. The fourth-order valence-electron chi connectivity index (χ4n) is 4.00. The third-order valence-corrected chi connectivity index (χ3v) is 5.43. The highest BCUT2D eigenvalue weighted by molar-refractivity contribution is 5.96. The zero-order valence-corrected chi connectivity index (χ0v) is 14.7. The number of piperidine rings is 1. The number of hydrogen-bond donors (Lipinski definition) is 0. The molecular weight excluding hydrogens is 312 g/mol. The first kappa shape index (κ1) is 17.7. The Balaban J connectivity index is 1.57. The van der Waals surface area contributed by atoms with Gasteiger partial charge >= 0.3 is 0 Å². The predicted molar refractivity (Wildman–Crippen MR) is 98.1 cm³/mol. The van der Waals surface area contributed by atoms with E-state index in [2.05, 4.69) is 10.8 Å². The molecule has 3 rings (SSSR count). The van der Waals surface area contributed by atoms with Crippen LogP contribution in [0, 0.1) is 18.3 Å². The standard InChI is InChI=1S/C21H26N2O2/c1-2-12-22-14-10-18(11-15-22)21(25)23-13-6-9-19(23)16-20(24)17-7-4-3-5-8-17/h1,3-5,7-8,18-19H,6,9-16H2/t19-/m0/s1. The summed E-state index contributed by atoms with van der Waals surface area (Å²) in [4.78, 5) is 29.6. The average Bonchev–Trinajstić information content (AvgIpc) is 3.11. The largest absolute Gasteiger partial charge is 0.339 e. The maximum atomic E-state index is 12.9. The Morgan fingerprint density at radius 1 is 1.08 bits per heavy atom. The maximum Gasteiger partial charge on any atom is 0.226 e. The second kappa shape index (κ2) is 8.31. The molecule has 2 fully saturated rings. The normalized spacial score (nSPS) is 21.9. The van der Waals surface area contributed by atoms with E-state index >= 15 is 0 Å². The van der Waals surface area contributed by atoms with E-state index < -0.39 is 0 Å². The zero-order chi connectivity index (χ0) is 17.6. The Bertz CT molecular complexity index is 642. The fourth-order valence-corrected chi connectivity index (χ4v) is 4.00. The van der Waals surface area contributed by atoms with Gasteiger partial charge in [-0.2, -0.15) is 0 Å². The van der Waals surface area contributed by atoms with E-state index in [-0.39, 0.29) is 23.7 Å². The smallest absolute Gasteiger partial charge is 0.226 e. The first-order valence-corrected chi connectivity index (χ1v) is 9.23. The van der Waals surface area contributed by atoms with Gasteiger partial charge in [0.15, 0.2) is 5.78 Å². The highest BCUT2D eigenvalue weighted by Gasteiger charge is 2.35. The van der Waals surface area contributed by atoms with Gasteiger partial charge in [0.2, 0.25) is 5.91 Å². The van der Waals surface area contributed by atoms with Crippen LogP contribution in [0.4, 0.5) is 0 Å². The number of ketones is 1. The number of terminal acetylenes is 1. The number of likely N-dealkylation sites (tertiary alicyclic amines) is 2. The van der Waals surface area contributed by atoms with Gasteiger partial charge in [0.25, 0.3) is 0 Å². The molecule has 0 spiro atoms. The van der Waals surface area contributed by atoms with Crippen molar-refractivity contribution in [3.8, 4) is 12.3 Å². The van der Waals surface area contributed by atoms with Gasteiger partial charge in [-0.05, 0) is 38.8 Å². The molecular formula is C21H26N2O2. The summed E-state index contributed by atoms with van der Waals surface area (Å²) in [5, 5.41) is 0. The molecule has 2 aliphatic heterocycles. The van der Waals surface area contributed by atoms with Crippen molar-refractivity contribution in [2.45, 2.75) is 38.1 Å². The number of hydrogen-bond acceptors (Lipinski definition) is 3. The average molecular weight is 338 g/mol. The lowest BCUT2D eigenvalue weighted by molar-refractivity contribution is -0.137. The van der Waals surface area contributed by atoms with Crippen LogP contribution in [0.5, 0.6) is 0 Å². The summed E-state index contributed by atoms with van der Waals surface area (Å²) in [5.74, 6) is 3.13. The van der Waals surface area contributed by atoms with E-state index in [0.717, 1.165) is 50.9 Å². The molecule has 0 unspecified atom stereocenters. The van der Waals surface area contributed by atoms with Gasteiger partial charge in [-0.1, -0.05) is 36.3 Å². The molecule has 2 heterocycles. The van der Waals surface area contributed by atoms with Gasteiger partial charge in [0.1, 0.15) is 0 Å². The molecule has 0 aliphatic carbocycles. The third-order valence-electron chi connectivity index (χ3n) is 5.43. The van der Waals surface area contributed by atoms with Crippen molar-refractivity contribution in [1.29, 1.82) is 0 Å². The third kappa shape index (κ3) is 4.29. The van der Waals surface area contributed by atoms with Gasteiger partial charge < -0.3 is 4.90 Å². The highest BCUT2D eigenvalue weighted by Crippen LogP contribution is 2.27. The van der Waals surface area contributed by atoms with Crippen LogP contribution >= 0.6 is 0 Å². The van der Waals surface area contributed by atoms with Gasteiger partial charge in [0.05, 0.1) is 6.54 Å². The van der Waals surface area contributed by atoms with Crippen LogP contribution in [0.2, 0.25) is 0 Å². The molecule has 0 N–H and O–H groups in total. The molecule has 4 heteroatoms. The molecule has 2 aliphatic rings. The van der Waals surface area contributed by atoms with Crippen LogP contribution in [-0.2, 0) is 4.79 Å². The lowest BCUT2D eigenvalue weighted by atomic mass is 9.94. The fraction of sp³-hybridized carbons (Fsp3) is 0.524. The zero-order valence-electron chi connectivity index (χ0n) is 14.7. The first-order chi connectivity index (χ1) is 12.2. The minimum Gasteiger partial charge on any atom is -0.339 e.